The largest absolute Gasteiger partial charge is 0.467 e. The highest BCUT2D eigenvalue weighted by Crippen LogP contribution is 2.27. The third-order valence-electron chi connectivity index (χ3n) is 4.04. The van der Waals surface area contributed by atoms with Crippen LogP contribution in [0.2, 0.25) is 10.0 Å². The molecule has 1 heterocycles. The van der Waals surface area contributed by atoms with Crippen LogP contribution in [-0.2, 0) is 16.6 Å². The third kappa shape index (κ3) is 4.32. The van der Waals surface area contributed by atoms with Crippen LogP contribution < -0.4 is 9.62 Å². The molecule has 146 valence electrons. The van der Waals surface area contributed by atoms with E-state index in [-0.39, 0.29) is 22.0 Å². The fourth-order valence-corrected chi connectivity index (χ4v) is 4.04. The second-order valence-corrected chi connectivity index (χ2v) is 8.67. The normalized spacial score (nSPS) is 11.2. The zero-order chi connectivity index (χ0) is 20.3. The van der Waals surface area contributed by atoms with Crippen molar-refractivity contribution in [1.82, 2.24) is 5.32 Å². The predicted molar refractivity (Wildman–Crippen MR) is 108 cm³/mol. The van der Waals surface area contributed by atoms with Gasteiger partial charge in [0.05, 0.1) is 34.0 Å². The van der Waals surface area contributed by atoms with Crippen LogP contribution in [0.1, 0.15) is 16.1 Å². The van der Waals surface area contributed by atoms with Crippen LogP contribution in [0.25, 0.3) is 0 Å². The van der Waals surface area contributed by atoms with Gasteiger partial charge >= 0.3 is 0 Å². The Morgan fingerprint density at radius 2 is 1.82 bits per heavy atom. The van der Waals surface area contributed by atoms with E-state index in [9.17, 15) is 13.2 Å². The number of sulfonamides is 1. The van der Waals surface area contributed by atoms with Crippen LogP contribution in [0.5, 0.6) is 0 Å². The summed E-state index contributed by atoms with van der Waals surface area (Å²) in [6, 6.07) is 13.7. The fourth-order valence-electron chi connectivity index (χ4n) is 2.46. The number of halogens is 2. The minimum absolute atomic E-state index is 0.0933. The molecule has 0 saturated heterocycles. The lowest BCUT2D eigenvalue weighted by atomic mass is 10.2. The van der Waals surface area contributed by atoms with Gasteiger partial charge in [-0.25, -0.2) is 8.42 Å². The lowest BCUT2D eigenvalue weighted by Crippen LogP contribution is -2.27. The zero-order valence-electron chi connectivity index (χ0n) is 14.7. The van der Waals surface area contributed by atoms with Gasteiger partial charge in [-0.2, -0.15) is 0 Å². The molecule has 0 aliphatic rings. The maximum atomic E-state index is 12.8. The minimum atomic E-state index is -3.80. The Hall–Kier alpha value is -2.48. The van der Waals surface area contributed by atoms with Crippen LogP contribution in [-0.4, -0.2) is 21.4 Å². The molecule has 0 bridgehead atoms. The predicted octanol–water partition coefficient (Wildman–Crippen LogP) is 4.34. The van der Waals surface area contributed by atoms with Gasteiger partial charge < -0.3 is 9.73 Å². The van der Waals surface area contributed by atoms with E-state index in [0.717, 1.165) is 4.31 Å². The van der Waals surface area contributed by atoms with Gasteiger partial charge in [-0.05, 0) is 54.6 Å². The quantitative estimate of drug-likeness (QED) is 0.620. The molecule has 28 heavy (non-hydrogen) atoms. The van der Waals surface area contributed by atoms with Gasteiger partial charge in [-0.15, -0.1) is 0 Å². The topological polar surface area (TPSA) is 79.6 Å². The van der Waals surface area contributed by atoms with Gasteiger partial charge in [0, 0.05) is 12.1 Å². The van der Waals surface area contributed by atoms with Crippen LogP contribution >= 0.6 is 23.2 Å². The molecule has 1 aromatic heterocycles. The molecule has 3 rings (SSSR count). The van der Waals surface area contributed by atoms with E-state index in [1.807, 2.05) is 0 Å². The number of rotatable bonds is 6. The van der Waals surface area contributed by atoms with Crippen molar-refractivity contribution < 1.29 is 17.6 Å². The summed E-state index contributed by atoms with van der Waals surface area (Å²) in [7, 11) is -2.39. The number of carbonyl (C=O) groups excluding carboxylic acids is 1. The first-order valence-corrected chi connectivity index (χ1v) is 10.3. The van der Waals surface area contributed by atoms with E-state index in [1.165, 1.54) is 55.8 Å². The molecule has 1 N–H and O–H groups in total. The van der Waals surface area contributed by atoms with Gasteiger partial charge in [0.25, 0.3) is 15.9 Å². The van der Waals surface area contributed by atoms with E-state index in [0.29, 0.717) is 16.5 Å². The van der Waals surface area contributed by atoms with Gasteiger partial charge in [-0.3, -0.25) is 9.10 Å². The molecule has 6 nitrogen and oxygen atoms in total. The summed E-state index contributed by atoms with van der Waals surface area (Å²) < 4.78 is 31.8. The molecule has 0 aliphatic heterocycles. The second-order valence-electron chi connectivity index (χ2n) is 5.85. The van der Waals surface area contributed by atoms with Crippen molar-refractivity contribution in [1.29, 1.82) is 0 Å². The number of amides is 1. The Bertz CT molecular complexity index is 1080. The van der Waals surface area contributed by atoms with Crippen LogP contribution in [0.15, 0.2) is 70.2 Å². The van der Waals surface area contributed by atoms with E-state index in [4.69, 9.17) is 27.6 Å². The molecule has 0 fully saturated rings. The van der Waals surface area contributed by atoms with Crippen molar-refractivity contribution >= 4 is 44.8 Å². The fraction of sp³-hybridized carbons (Fsp3) is 0.105. The lowest BCUT2D eigenvalue weighted by Gasteiger charge is -2.20. The number of furan rings is 1. The van der Waals surface area contributed by atoms with Gasteiger partial charge in [0.2, 0.25) is 0 Å². The Balaban J connectivity index is 1.79. The Morgan fingerprint density at radius 3 is 2.43 bits per heavy atom. The molecule has 0 spiro atoms. The van der Waals surface area contributed by atoms with Crippen molar-refractivity contribution in [3.8, 4) is 0 Å². The van der Waals surface area contributed by atoms with Crippen molar-refractivity contribution in [3.05, 3.63) is 82.2 Å². The molecule has 0 atom stereocenters. The number of hydrogen-bond acceptors (Lipinski definition) is 4. The van der Waals surface area contributed by atoms with E-state index >= 15 is 0 Å². The molecule has 3 aromatic rings. The summed E-state index contributed by atoms with van der Waals surface area (Å²) in [5.74, 6) is 0.214. The van der Waals surface area contributed by atoms with Crippen molar-refractivity contribution in [2.24, 2.45) is 0 Å². The van der Waals surface area contributed by atoms with Crippen LogP contribution in [0, 0.1) is 0 Å². The van der Waals surface area contributed by atoms with Gasteiger partial charge in [0.1, 0.15) is 5.76 Å². The summed E-state index contributed by atoms with van der Waals surface area (Å²) >= 11 is 12.0. The highest BCUT2D eigenvalue weighted by molar-refractivity contribution is 7.92. The molecular weight excluding hydrogens is 423 g/mol. The number of anilines is 1. The number of nitrogens with zero attached hydrogens (tertiary/aromatic N) is 1. The molecule has 0 aliphatic carbocycles. The van der Waals surface area contributed by atoms with E-state index < -0.39 is 15.9 Å². The molecule has 1 amide bonds. The molecule has 0 unspecified atom stereocenters. The van der Waals surface area contributed by atoms with E-state index in [2.05, 4.69) is 5.32 Å². The van der Waals surface area contributed by atoms with Crippen molar-refractivity contribution in [2.75, 3.05) is 11.4 Å². The minimum Gasteiger partial charge on any atom is -0.467 e. The Morgan fingerprint density at radius 1 is 1.11 bits per heavy atom. The average Bonchev–Trinajstić information content (AvgIpc) is 3.19. The molecule has 0 radical (unpaired) electrons. The second kappa shape index (κ2) is 8.26. The molecule has 9 heteroatoms. The lowest BCUT2D eigenvalue weighted by molar-refractivity contribution is 0.0948. The number of benzene rings is 2. The monoisotopic (exact) mass is 438 g/mol. The van der Waals surface area contributed by atoms with Crippen LogP contribution in [0.4, 0.5) is 5.69 Å². The summed E-state index contributed by atoms with van der Waals surface area (Å²) in [6.45, 7) is 0.217. The molecular formula is C19H16Cl2N2O4S. The first-order valence-electron chi connectivity index (χ1n) is 8.13. The number of hydrogen-bond donors (Lipinski definition) is 1. The maximum absolute atomic E-state index is 12.8. The highest BCUT2D eigenvalue weighted by Gasteiger charge is 2.22. The smallest absolute Gasteiger partial charge is 0.264 e. The van der Waals surface area contributed by atoms with Gasteiger partial charge in [0.15, 0.2) is 0 Å². The standard InChI is InChI=1S/C19H16Cl2N2O4S/c1-23(28(25,26)16-7-4-13(20)5-8-16)14-6-9-17(18(21)11-14)19(24)22-12-15-3-2-10-27-15/h2-11H,12H2,1H3,(H,22,24). The first-order chi connectivity index (χ1) is 13.3. The first kappa shape index (κ1) is 20.3. The summed E-state index contributed by atoms with van der Waals surface area (Å²) in [5.41, 5.74) is 0.553. The number of carbonyl (C=O) groups is 1. The van der Waals surface area contributed by atoms with Gasteiger partial charge in [-0.1, -0.05) is 23.2 Å². The SMILES string of the molecule is CN(c1ccc(C(=O)NCc2ccco2)c(Cl)c1)S(=O)(=O)c1ccc(Cl)cc1. The average molecular weight is 439 g/mol. The third-order valence-corrected chi connectivity index (χ3v) is 6.40. The van der Waals surface area contributed by atoms with Crippen molar-refractivity contribution in [3.63, 3.8) is 0 Å². The Labute approximate surface area is 172 Å². The maximum Gasteiger partial charge on any atom is 0.264 e. The Kier molecular flexibility index (Phi) is 5.98. The van der Waals surface area contributed by atoms with E-state index in [1.54, 1.807) is 12.1 Å². The zero-order valence-corrected chi connectivity index (χ0v) is 17.1. The summed E-state index contributed by atoms with van der Waals surface area (Å²) in [4.78, 5) is 12.4. The number of nitrogens with one attached hydrogen (secondary N) is 1. The van der Waals surface area contributed by atoms with Crippen LogP contribution in [0.3, 0.4) is 0 Å². The molecule has 2 aromatic carbocycles. The molecule has 0 saturated carbocycles. The summed E-state index contributed by atoms with van der Waals surface area (Å²) in [5, 5.41) is 3.26. The van der Waals surface area contributed by atoms with Crippen molar-refractivity contribution in [2.45, 2.75) is 11.4 Å². The summed E-state index contributed by atoms with van der Waals surface area (Å²) in [6.07, 6.45) is 1.51. The highest BCUT2D eigenvalue weighted by atomic mass is 35.5.